The molecule has 0 bridgehead atoms. The minimum Gasteiger partial charge on any atom is -0.393 e. The predicted molar refractivity (Wildman–Crippen MR) is 181 cm³/mol. The summed E-state index contributed by atoms with van der Waals surface area (Å²) in [5.74, 6) is 2.73. The Bertz CT molecular complexity index is 1170. The van der Waals surface area contributed by atoms with E-state index >= 15 is 0 Å². The fourth-order valence-corrected chi connectivity index (χ4v) is 11.4. The molecule has 0 saturated heterocycles. The zero-order valence-corrected chi connectivity index (χ0v) is 30.0. The highest BCUT2D eigenvalue weighted by molar-refractivity contribution is 7.81. The highest BCUT2D eigenvalue weighted by Gasteiger charge is 2.64. The lowest BCUT2D eigenvalue weighted by Gasteiger charge is -2.64. The van der Waals surface area contributed by atoms with Crippen molar-refractivity contribution in [2.75, 3.05) is 19.7 Å². The first-order valence-corrected chi connectivity index (χ1v) is 19.2. The Hall–Kier alpha value is -1.03. The number of aliphatic hydroxyl groups excluding tert-OH is 2. The Morgan fingerprint density at radius 1 is 0.978 bits per heavy atom. The molecule has 0 aromatic carbocycles. The standard InChI is InChI=1S/C37H63NO6S/c1-8-12-14-27(10-3)25-38(22-13-9-2)44-45(41,42)43-23-19-26(5)30-15-16-31-34-32(18-21-36(30,31)6)37(7)20-17-28(39)24-33(37)29(11-4)35(34)40/h8-10,12-13,26,28-35,39-40H,11,14-25H2,1-7H3/b12-8+,13-9+,27-10+/t26-,28-,29-,30-,31?,32?,33+,34?,35-,36-,37-/m1/s1. The van der Waals surface area contributed by atoms with Crippen LogP contribution in [0, 0.1) is 52.3 Å². The normalized spacial score (nSPS) is 39.7. The Kier molecular flexibility index (Phi) is 12.6. The van der Waals surface area contributed by atoms with E-state index in [4.69, 9.17) is 8.47 Å². The molecule has 8 heteroatoms. The molecule has 4 fully saturated rings. The molecule has 0 heterocycles. The first kappa shape index (κ1) is 36.8. The van der Waals surface area contributed by atoms with Gasteiger partial charge in [-0.2, -0.15) is 17.8 Å². The SMILES string of the molecule is C/C=C/C/C(=C\C)CN(C/C=C/C)OS(=O)(=O)OCC[C@@H](C)[C@H]1CCC2C3C(CC[C@@]21C)[C@@]1(C)CC[C@@H](O)C[C@H]1[C@@H](CC)[C@H]3O. The first-order valence-electron chi connectivity index (χ1n) is 17.9. The molecule has 4 saturated carbocycles. The van der Waals surface area contributed by atoms with Crippen LogP contribution in [0.1, 0.15) is 113 Å². The Morgan fingerprint density at radius 2 is 1.67 bits per heavy atom. The first-order chi connectivity index (χ1) is 21.3. The summed E-state index contributed by atoms with van der Waals surface area (Å²) in [4.78, 5) is 0. The van der Waals surface area contributed by atoms with Gasteiger partial charge in [0.1, 0.15) is 0 Å². The van der Waals surface area contributed by atoms with Crippen molar-refractivity contribution in [3.05, 3.63) is 36.0 Å². The number of hydroxylamine groups is 2. The van der Waals surface area contributed by atoms with Gasteiger partial charge in [-0.25, -0.2) is 4.18 Å². The lowest BCUT2D eigenvalue weighted by molar-refractivity contribution is -0.203. The van der Waals surface area contributed by atoms with Gasteiger partial charge in [-0.05, 0) is 131 Å². The molecule has 2 N–H and O–H groups in total. The predicted octanol–water partition coefficient (Wildman–Crippen LogP) is 7.62. The van der Waals surface area contributed by atoms with Crippen LogP contribution in [0.4, 0.5) is 0 Å². The number of rotatable bonds is 14. The van der Waals surface area contributed by atoms with Crippen LogP contribution in [0.3, 0.4) is 0 Å². The van der Waals surface area contributed by atoms with Gasteiger partial charge in [-0.1, -0.05) is 70.1 Å². The maximum Gasteiger partial charge on any atom is 0.416 e. The van der Waals surface area contributed by atoms with Crippen molar-refractivity contribution >= 4 is 10.4 Å². The van der Waals surface area contributed by atoms with E-state index in [1.54, 1.807) is 0 Å². The van der Waals surface area contributed by atoms with E-state index in [9.17, 15) is 18.6 Å². The Morgan fingerprint density at radius 3 is 2.33 bits per heavy atom. The average molecular weight is 650 g/mol. The van der Waals surface area contributed by atoms with E-state index in [1.807, 2.05) is 51.2 Å². The zero-order valence-electron chi connectivity index (χ0n) is 29.2. The van der Waals surface area contributed by atoms with Gasteiger partial charge in [0.05, 0.1) is 18.8 Å². The molecule has 0 amide bonds. The maximum atomic E-state index is 12.9. The van der Waals surface area contributed by atoms with Crippen LogP contribution in [0.25, 0.3) is 0 Å². The summed E-state index contributed by atoms with van der Waals surface area (Å²) in [6.07, 6.45) is 18.9. The summed E-state index contributed by atoms with van der Waals surface area (Å²) >= 11 is 0. The van der Waals surface area contributed by atoms with Gasteiger partial charge in [0.15, 0.2) is 0 Å². The molecule has 3 unspecified atom stereocenters. The summed E-state index contributed by atoms with van der Waals surface area (Å²) in [6, 6.07) is 0. The van der Waals surface area contributed by atoms with E-state index in [0.29, 0.717) is 55.0 Å². The molecule has 0 aliphatic heterocycles. The van der Waals surface area contributed by atoms with Crippen molar-refractivity contribution in [3.63, 3.8) is 0 Å². The third kappa shape index (κ3) is 7.83. The van der Waals surface area contributed by atoms with Crippen molar-refractivity contribution in [1.82, 2.24) is 5.06 Å². The molecule has 11 atom stereocenters. The molecule has 45 heavy (non-hydrogen) atoms. The largest absolute Gasteiger partial charge is 0.416 e. The van der Waals surface area contributed by atoms with Gasteiger partial charge < -0.3 is 10.2 Å². The molecule has 0 aromatic rings. The van der Waals surface area contributed by atoms with Crippen LogP contribution in [0.15, 0.2) is 36.0 Å². The number of aliphatic hydroxyl groups is 2. The number of hydrogen-bond donors (Lipinski definition) is 2. The number of allylic oxidation sites excluding steroid dienone is 4. The summed E-state index contributed by atoms with van der Waals surface area (Å²) in [7, 11) is -4.20. The molecular formula is C37H63NO6S. The summed E-state index contributed by atoms with van der Waals surface area (Å²) in [6.45, 7) is 16.1. The topological polar surface area (TPSA) is 96.3 Å². The second-order valence-electron chi connectivity index (χ2n) is 15.3. The van der Waals surface area contributed by atoms with Crippen molar-refractivity contribution < 1.29 is 27.1 Å². The molecule has 0 radical (unpaired) electrons. The van der Waals surface area contributed by atoms with Crippen molar-refractivity contribution in [3.8, 4) is 0 Å². The van der Waals surface area contributed by atoms with Gasteiger partial charge in [0.2, 0.25) is 0 Å². The van der Waals surface area contributed by atoms with Crippen LogP contribution >= 0.6 is 0 Å². The number of hydrogen-bond acceptors (Lipinski definition) is 7. The highest BCUT2D eigenvalue weighted by Crippen LogP contribution is 2.69. The molecule has 7 nitrogen and oxygen atoms in total. The Labute approximate surface area is 274 Å². The molecule has 0 aromatic heterocycles. The molecule has 4 aliphatic carbocycles. The molecular weight excluding hydrogens is 586 g/mol. The monoisotopic (exact) mass is 649 g/mol. The van der Waals surface area contributed by atoms with Gasteiger partial charge >= 0.3 is 10.4 Å². The maximum absolute atomic E-state index is 12.9. The van der Waals surface area contributed by atoms with E-state index in [-0.39, 0.29) is 35.6 Å². The van der Waals surface area contributed by atoms with E-state index in [0.717, 1.165) is 63.4 Å². The van der Waals surface area contributed by atoms with Gasteiger partial charge in [-0.3, -0.25) is 0 Å². The molecule has 4 rings (SSSR count). The molecule has 258 valence electrons. The van der Waals surface area contributed by atoms with E-state index in [1.165, 1.54) is 5.06 Å². The molecule has 4 aliphatic rings. The van der Waals surface area contributed by atoms with Gasteiger partial charge in [0.25, 0.3) is 0 Å². The third-order valence-corrected chi connectivity index (χ3v) is 13.9. The highest BCUT2D eigenvalue weighted by atomic mass is 32.3. The van der Waals surface area contributed by atoms with Crippen LogP contribution in [0.2, 0.25) is 0 Å². The smallest absolute Gasteiger partial charge is 0.393 e. The lowest BCUT2D eigenvalue weighted by Crippen LogP contribution is -2.62. The summed E-state index contributed by atoms with van der Waals surface area (Å²) < 4.78 is 36.7. The van der Waals surface area contributed by atoms with E-state index in [2.05, 4.69) is 27.7 Å². The third-order valence-electron chi connectivity index (χ3n) is 13.1. The van der Waals surface area contributed by atoms with Crippen LogP contribution in [0.5, 0.6) is 0 Å². The number of fused-ring (bicyclic) bond motifs is 5. The second kappa shape index (κ2) is 15.5. The van der Waals surface area contributed by atoms with Gasteiger partial charge in [0, 0.05) is 13.1 Å². The fraction of sp³-hybridized carbons (Fsp3) is 0.838. The van der Waals surface area contributed by atoms with Crippen LogP contribution < -0.4 is 0 Å². The number of nitrogens with zero attached hydrogens (tertiary/aromatic N) is 1. The van der Waals surface area contributed by atoms with Crippen molar-refractivity contribution in [1.29, 1.82) is 0 Å². The second-order valence-corrected chi connectivity index (χ2v) is 16.5. The van der Waals surface area contributed by atoms with Crippen LogP contribution in [-0.2, 0) is 18.9 Å². The zero-order chi connectivity index (χ0) is 33.0. The minimum atomic E-state index is -4.20. The fourth-order valence-electron chi connectivity index (χ4n) is 10.7. The summed E-state index contributed by atoms with van der Waals surface area (Å²) in [5.41, 5.74) is 1.39. The van der Waals surface area contributed by atoms with Gasteiger partial charge in [-0.15, -0.1) is 0 Å². The Balaban J connectivity index is 1.39. The van der Waals surface area contributed by atoms with Crippen molar-refractivity contribution in [2.45, 2.75) is 125 Å². The average Bonchev–Trinajstić information content (AvgIpc) is 3.35. The summed E-state index contributed by atoms with van der Waals surface area (Å²) in [5, 5.41) is 24.0. The van der Waals surface area contributed by atoms with E-state index < -0.39 is 10.4 Å². The lowest BCUT2D eigenvalue weighted by atomic mass is 9.41. The quantitative estimate of drug-likeness (QED) is 0.148. The van der Waals surface area contributed by atoms with Crippen molar-refractivity contribution in [2.24, 2.45) is 52.3 Å². The molecule has 0 spiro atoms. The minimum absolute atomic E-state index is 0.0991. The van der Waals surface area contributed by atoms with Crippen LogP contribution in [-0.4, -0.2) is 55.6 Å².